The van der Waals surface area contributed by atoms with Gasteiger partial charge in [-0.05, 0) is 24.6 Å². The third-order valence-corrected chi connectivity index (χ3v) is 3.83. The SMILES string of the molecule is CCCN(CC(=O)Nc1ccccc1OC)C(=O)c1ccccc1[N+](=O)[O-]. The Balaban J connectivity index is 2.19. The van der Waals surface area contributed by atoms with E-state index < -0.39 is 16.7 Å². The quantitative estimate of drug-likeness (QED) is 0.567. The molecule has 0 fully saturated rings. The van der Waals surface area contributed by atoms with Gasteiger partial charge in [0.05, 0.1) is 17.7 Å². The maximum atomic E-state index is 12.8. The number of para-hydroxylation sites is 3. The van der Waals surface area contributed by atoms with Gasteiger partial charge in [-0.2, -0.15) is 0 Å². The van der Waals surface area contributed by atoms with Crippen LogP contribution in [0.5, 0.6) is 5.75 Å². The number of amides is 2. The molecular weight excluding hydrogens is 350 g/mol. The first-order valence-electron chi connectivity index (χ1n) is 8.43. The van der Waals surface area contributed by atoms with Gasteiger partial charge < -0.3 is 15.0 Å². The molecule has 0 bridgehead atoms. The van der Waals surface area contributed by atoms with Crippen LogP contribution in [-0.4, -0.2) is 41.8 Å². The number of hydrogen-bond donors (Lipinski definition) is 1. The van der Waals surface area contributed by atoms with Gasteiger partial charge in [0, 0.05) is 12.6 Å². The lowest BCUT2D eigenvalue weighted by molar-refractivity contribution is -0.385. The predicted octanol–water partition coefficient (Wildman–Crippen LogP) is 3.09. The second-order valence-corrected chi connectivity index (χ2v) is 5.75. The van der Waals surface area contributed by atoms with Crippen molar-refractivity contribution in [2.24, 2.45) is 0 Å². The van der Waals surface area contributed by atoms with E-state index >= 15 is 0 Å². The summed E-state index contributed by atoms with van der Waals surface area (Å²) in [5.74, 6) is -0.475. The van der Waals surface area contributed by atoms with E-state index in [0.717, 1.165) is 0 Å². The molecular formula is C19H21N3O5. The van der Waals surface area contributed by atoms with Gasteiger partial charge in [-0.1, -0.05) is 31.2 Å². The van der Waals surface area contributed by atoms with Gasteiger partial charge in [0.1, 0.15) is 17.9 Å². The number of carbonyl (C=O) groups is 2. The molecule has 2 aromatic carbocycles. The van der Waals surface area contributed by atoms with Crippen molar-refractivity contribution in [2.45, 2.75) is 13.3 Å². The Morgan fingerprint density at radius 1 is 1.15 bits per heavy atom. The van der Waals surface area contributed by atoms with E-state index in [0.29, 0.717) is 24.4 Å². The minimum absolute atomic E-state index is 0.0407. The molecule has 2 amide bonds. The normalized spacial score (nSPS) is 10.1. The van der Waals surface area contributed by atoms with Crippen molar-refractivity contribution in [1.29, 1.82) is 0 Å². The zero-order chi connectivity index (χ0) is 19.8. The fraction of sp³-hybridized carbons (Fsp3) is 0.263. The van der Waals surface area contributed by atoms with Crippen LogP contribution in [0.15, 0.2) is 48.5 Å². The summed E-state index contributed by atoms with van der Waals surface area (Å²) in [6, 6.07) is 12.6. The lowest BCUT2D eigenvalue weighted by Crippen LogP contribution is -2.38. The summed E-state index contributed by atoms with van der Waals surface area (Å²) in [4.78, 5) is 37.1. The number of methoxy groups -OCH3 is 1. The van der Waals surface area contributed by atoms with Crippen LogP contribution >= 0.6 is 0 Å². The molecule has 142 valence electrons. The van der Waals surface area contributed by atoms with Crippen molar-refractivity contribution in [3.05, 3.63) is 64.2 Å². The highest BCUT2D eigenvalue weighted by Gasteiger charge is 2.25. The lowest BCUT2D eigenvalue weighted by Gasteiger charge is -2.22. The van der Waals surface area contributed by atoms with E-state index in [4.69, 9.17) is 4.74 Å². The number of nitrogens with zero attached hydrogens (tertiary/aromatic N) is 2. The highest BCUT2D eigenvalue weighted by molar-refractivity contribution is 6.02. The molecule has 0 aliphatic rings. The van der Waals surface area contributed by atoms with Crippen molar-refractivity contribution in [3.8, 4) is 5.75 Å². The number of nitro groups is 1. The number of hydrogen-bond acceptors (Lipinski definition) is 5. The molecule has 0 saturated heterocycles. The number of ether oxygens (including phenoxy) is 1. The number of nitro benzene ring substituents is 1. The maximum absolute atomic E-state index is 12.8. The maximum Gasteiger partial charge on any atom is 0.282 e. The van der Waals surface area contributed by atoms with Crippen molar-refractivity contribution >= 4 is 23.2 Å². The first kappa shape index (κ1) is 19.9. The number of benzene rings is 2. The molecule has 1 N–H and O–H groups in total. The number of rotatable bonds is 8. The molecule has 27 heavy (non-hydrogen) atoms. The van der Waals surface area contributed by atoms with Crippen molar-refractivity contribution in [2.75, 3.05) is 25.5 Å². The van der Waals surface area contributed by atoms with Crippen LogP contribution < -0.4 is 10.1 Å². The first-order valence-corrected chi connectivity index (χ1v) is 8.43. The summed E-state index contributed by atoms with van der Waals surface area (Å²) in [5.41, 5.74) is 0.161. The first-order chi connectivity index (χ1) is 13.0. The van der Waals surface area contributed by atoms with Gasteiger partial charge in [-0.3, -0.25) is 19.7 Å². The highest BCUT2D eigenvalue weighted by atomic mass is 16.6. The van der Waals surface area contributed by atoms with Crippen LogP contribution in [0.3, 0.4) is 0 Å². The largest absolute Gasteiger partial charge is 0.495 e. The number of carbonyl (C=O) groups excluding carboxylic acids is 2. The number of anilines is 1. The van der Waals surface area contributed by atoms with E-state index in [2.05, 4.69) is 5.32 Å². The minimum atomic E-state index is -0.605. The van der Waals surface area contributed by atoms with Gasteiger partial charge >= 0.3 is 0 Å². The van der Waals surface area contributed by atoms with Crippen LogP contribution in [0, 0.1) is 10.1 Å². The van der Waals surface area contributed by atoms with E-state index in [1.165, 1.54) is 30.2 Å². The van der Waals surface area contributed by atoms with E-state index in [-0.39, 0.29) is 17.8 Å². The Morgan fingerprint density at radius 2 is 1.81 bits per heavy atom. The number of nitrogens with one attached hydrogen (secondary N) is 1. The predicted molar refractivity (Wildman–Crippen MR) is 101 cm³/mol. The van der Waals surface area contributed by atoms with Gasteiger partial charge in [0.2, 0.25) is 5.91 Å². The third-order valence-electron chi connectivity index (χ3n) is 3.83. The molecule has 0 aliphatic heterocycles. The molecule has 8 nitrogen and oxygen atoms in total. The smallest absolute Gasteiger partial charge is 0.282 e. The fourth-order valence-corrected chi connectivity index (χ4v) is 2.62. The molecule has 0 aromatic heterocycles. The lowest BCUT2D eigenvalue weighted by atomic mass is 10.1. The van der Waals surface area contributed by atoms with Crippen LogP contribution in [-0.2, 0) is 4.79 Å². The molecule has 0 heterocycles. The Kier molecular flexibility index (Phi) is 6.87. The zero-order valence-electron chi connectivity index (χ0n) is 15.2. The summed E-state index contributed by atoms with van der Waals surface area (Å²) < 4.78 is 5.19. The highest BCUT2D eigenvalue weighted by Crippen LogP contribution is 2.23. The standard InChI is InChI=1S/C19H21N3O5/c1-3-12-21(19(24)14-8-4-6-10-16(14)22(25)26)13-18(23)20-15-9-5-7-11-17(15)27-2/h4-11H,3,12-13H2,1-2H3,(H,20,23). The topological polar surface area (TPSA) is 102 Å². The van der Waals surface area contributed by atoms with Crippen LogP contribution in [0.25, 0.3) is 0 Å². The zero-order valence-corrected chi connectivity index (χ0v) is 15.2. The molecule has 0 atom stereocenters. The van der Waals surface area contributed by atoms with Gasteiger partial charge in [-0.15, -0.1) is 0 Å². The summed E-state index contributed by atoms with van der Waals surface area (Å²) in [7, 11) is 1.49. The summed E-state index contributed by atoms with van der Waals surface area (Å²) in [6.07, 6.45) is 0.605. The molecule has 8 heteroatoms. The second-order valence-electron chi connectivity index (χ2n) is 5.75. The minimum Gasteiger partial charge on any atom is -0.495 e. The van der Waals surface area contributed by atoms with Crippen LogP contribution in [0.4, 0.5) is 11.4 Å². The molecule has 0 saturated carbocycles. The molecule has 2 rings (SSSR count). The van der Waals surface area contributed by atoms with Crippen LogP contribution in [0.2, 0.25) is 0 Å². The average molecular weight is 371 g/mol. The molecule has 2 aromatic rings. The van der Waals surface area contributed by atoms with E-state index in [1.807, 2.05) is 6.92 Å². The van der Waals surface area contributed by atoms with Gasteiger partial charge in [0.25, 0.3) is 11.6 Å². The monoisotopic (exact) mass is 371 g/mol. The molecule has 0 aliphatic carbocycles. The summed E-state index contributed by atoms with van der Waals surface area (Å²) in [6.45, 7) is 1.93. The van der Waals surface area contributed by atoms with Crippen molar-refractivity contribution in [3.63, 3.8) is 0 Å². The Labute approximate surface area is 156 Å². The van der Waals surface area contributed by atoms with E-state index in [9.17, 15) is 19.7 Å². The Morgan fingerprint density at radius 3 is 2.48 bits per heavy atom. The van der Waals surface area contributed by atoms with E-state index in [1.54, 1.807) is 30.3 Å². The average Bonchev–Trinajstić information content (AvgIpc) is 2.67. The van der Waals surface area contributed by atoms with Crippen molar-refractivity contribution < 1.29 is 19.2 Å². The Hall–Kier alpha value is -3.42. The second kappa shape index (κ2) is 9.33. The van der Waals surface area contributed by atoms with Crippen LogP contribution in [0.1, 0.15) is 23.7 Å². The summed E-state index contributed by atoms with van der Waals surface area (Å²) in [5, 5.41) is 13.9. The third kappa shape index (κ3) is 5.04. The van der Waals surface area contributed by atoms with Gasteiger partial charge in [0.15, 0.2) is 0 Å². The van der Waals surface area contributed by atoms with Crippen molar-refractivity contribution in [1.82, 2.24) is 4.90 Å². The molecule has 0 unspecified atom stereocenters. The molecule has 0 radical (unpaired) electrons. The Bertz CT molecular complexity index is 838. The molecule has 0 spiro atoms. The fourth-order valence-electron chi connectivity index (χ4n) is 2.62. The summed E-state index contributed by atoms with van der Waals surface area (Å²) >= 11 is 0. The van der Waals surface area contributed by atoms with Gasteiger partial charge in [-0.25, -0.2) is 0 Å².